The van der Waals surface area contributed by atoms with E-state index in [4.69, 9.17) is 11.6 Å². The molecule has 0 saturated carbocycles. The number of nitrogens with one attached hydrogen (secondary N) is 1. The van der Waals surface area contributed by atoms with E-state index >= 15 is 0 Å². The van der Waals surface area contributed by atoms with Gasteiger partial charge < -0.3 is 10.2 Å². The van der Waals surface area contributed by atoms with E-state index in [1.165, 1.54) is 17.0 Å². The quantitative estimate of drug-likeness (QED) is 0.856. The van der Waals surface area contributed by atoms with Crippen LogP contribution in [0.5, 0.6) is 0 Å². The number of rotatable bonds is 3. The molecule has 1 heterocycles. The van der Waals surface area contributed by atoms with E-state index in [0.29, 0.717) is 18.7 Å². The first-order valence-electron chi connectivity index (χ1n) is 5.57. The first-order valence-corrected chi connectivity index (χ1v) is 6.11. The van der Waals surface area contributed by atoms with Crippen molar-refractivity contribution in [1.29, 1.82) is 0 Å². The molecule has 0 aromatic heterocycles. The van der Waals surface area contributed by atoms with Crippen LogP contribution in [0.2, 0.25) is 0 Å². The first-order chi connectivity index (χ1) is 8.61. The maximum atomic E-state index is 13.9. The molecule has 0 atom stereocenters. The van der Waals surface area contributed by atoms with Gasteiger partial charge in [-0.1, -0.05) is 0 Å². The van der Waals surface area contributed by atoms with Crippen molar-refractivity contribution < 1.29 is 14.0 Å². The van der Waals surface area contributed by atoms with Gasteiger partial charge in [-0.3, -0.25) is 9.59 Å². The van der Waals surface area contributed by atoms with E-state index in [-0.39, 0.29) is 17.5 Å². The molecule has 1 aliphatic heterocycles. The van der Waals surface area contributed by atoms with Gasteiger partial charge in [0, 0.05) is 18.7 Å². The molecule has 1 fully saturated rings. The molecule has 0 unspecified atom stereocenters. The Labute approximate surface area is 109 Å². The van der Waals surface area contributed by atoms with Crippen molar-refractivity contribution in [1.82, 2.24) is 0 Å². The van der Waals surface area contributed by atoms with Crippen LogP contribution in [0.4, 0.5) is 15.8 Å². The smallest absolute Gasteiger partial charge is 0.239 e. The minimum absolute atomic E-state index is 0.0774. The monoisotopic (exact) mass is 270 g/mol. The van der Waals surface area contributed by atoms with Crippen molar-refractivity contribution in [3.8, 4) is 0 Å². The second-order valence-corrected chi connectivity index (χ2v) is 4.26. The molecule has 0 spiro atoms. The van der Waals surface area contributed by atoms with Crippen LogP contribution in [0.3, 0.4) is 0 Å². The lowest BCUT2D eigenvalue weighted by molar-refractivity contribution is -0.117. The van der Waals surface area contributed by atoms with Gasteiger partial charge in [0.25, 0.3) is 0 Å². The summed E-state index contributed by atoms with van der Waals surface area (Å²) in [6.07, 6.45) is 1.19. The fourth-order valence-corrected chi connectivity index (χ4v) is 1.97. The summed E-state index contributed by atoms with van der Waals surface area (Å²) in [7, 11) is 0. The van der Waals surface area contributed by atoms with Crippen LogP contribution < -0.4 is 10.2 Å². The van der Waals surface area contributed by atoms with Crippen molar-refractivity contribution in [2.45, 2.75) is 12.8 Å². The Morgan fingerprint density at radius 2 is 2.28 bits per heavy atom. The lowest BCUT2D eigenvalue weighted by Gasteiger charge is -2.17. The van der Waals surface area contributed by atoms with Crippen LogP contribution in [0.15, 0.2) is 18.2 Å². The SMILES string of the molecule is O=C(CCl)Nc1ccc(N2CCCC2=O)c(F)c1. The number of halogens is 2. The Balaban J connectivity index is 2.19. The van der Waals surface area contributed by atoms with E-state index in [0.717, 1.165) is 6.42 Å². The van der Waals surface area contributed by atoms with E-state index in [1.807, 2.05) is 0 Å². The standard InChI is InChI=1S/C12H12ClFN2O2/c13-7-11(17)15-8-3-4-10(9(14)6-8)16-5-1-2-12(16)18/h3-4,6H,1-2,5,7H2,(H,15,17). The van der Waals surface area contributed by atoms with Crippen LogP contribution in [0.25, 0.3) is 0 Å². The fourth-order valence-electron chi connectivity index (χ4n) is 1.90. The van der Waals surface area contributed by atoms with Crippen LogP contribution in [0, 0.1) is 5.82 Å². The summed E-state index contributed by atoms with van der Waals surface area (Å²) in [6, 6.07) is 4.22. The Hall–Kier alpha value is -1.62. The summed E-state index contributed by atoms with van der Waals surface area (Å²) < 4.78 is 13.9. The highest BCUT2D eigenvalue weighted by molar-refractivity contribution is 6.29. The number of carbonyl (C=O) groups is 2. The number of nitrogens with zero attached hydrogens (tertiary/aromatic N) is 1. The lowest BCUT2D eigenvalue weighted by atomic mass is 10.2. The van der Waals surface area contributed by atoms with Gasteiger partial charge in [0.1, 0.15) is 11.7 Å². The minimum Gasteiger partial charge on any atom is -0.325 e. The molecule has 18 heavy (non-hydrogen) atoms. The lowest BCUT2D eigenvalue weighted by Crippen LogP contribution is -2.24. The van der Waals surface area contributed by atoms with Gasteiger partial charge in [0.2, 0.25) is 11.8 Å². The minimum atomic E-state index is -0.530. The van der Waals surface area contributed by atoms with E-state index < -0.39 is 11.7 Å². The third-order valence-corrected chi connectivity index (χ3v) is 2.96. The largest absolute Gasteiger partial charge is 0.325 e. The highest BCUT2D eigenvalue weighted by Gasteiger charge is 2.24. The molecule has 1 aromatic carbocycles. The number of carbonyl (C=O) groups excluding carboxylic acids is 2. The normalized spacial score (nSPS) is 15.0. The molecular formula is C12H12ClFN2O2. The van der Waals surface area contributed by atoms with Crippen molar-refractivity contribution >= 4 is 34.8 Å². The fraction of sp³-hybridized carbons (Fsp3) is 0.333. The Bertz CT molecular complexity index is 493. The average Bonchev–Trinajstić information content (AvgIpc) is 2.75. The molecule has 0 bridgehead atoms. The van der Waals surface area contributed by atoms with Crippen LogP contribution in [-0.4, -0.2) is 24.2 Å². The molecular weight excluding hydrogens is 259 g/mol. The molecule has 4 nitrogen and oxygen atoms in total. The maximum absolute atomic E-state index is 13.9. The zero-order valence-corrected chi connectivity index (χ0v) is 10.3. The van der Waals surface area contributed by atoms with Gasteiger partial charge in [-0.25, -0.2) is 4.39 Å². The highest BCUT2D eigenvalue weighted by atomic mass is 35.5. The molecule has 2 amide bonds. The third-order valence-electron chi connectivity index (χ3n) is 2.72. The zero-order chi connectivity index (χ0) is 13.1. The Morgan fingerprint density at radius 1 is 1.50 bits per heavy atom. The molecule has 1 saturated heterocycles. The second kappa shape index (κ2) is 5.35. The van der Waals surface area contributed by atoms with E-state index in [1.54, 1.807) is 6.07 Å². The molecule has 1 N–H and O–H groups in total. The van der Waals surface area contributed by atoms with Crippen molar-refractivity contribution in [2.24, 2.45) is 0 Å². The summed E-state index contributed by atoms with van der Waals surface area (Å²) in [5.74, 6) is -1.20. The van der Waals surface area contributed by atoms with Crippen molar-refractivity contribution in [3.63, 3.8) is 0 Å². The number of hydrogen-bond acceptors (Lipinski definition) is 2. The molecule has 0 radical (unpaired) electrons. The van der Waals surface area contributed by atoms with Gasteiger partial charge in [-0.2, -0.15) is 0 Å². The van der Waals surface area contributed by atoms with Gasteiger partial charge in [0.05, 0.1) is 5.69 Å². The number of amides is 2. The predicted molar refractivity (Wildman–Crippen MR) is 67.3 cm³/mol. The number of alkyl halides is 1. The summed E-state index contributed by atoms with van der Waals surface area (Å²) in [6.45, 7) is 0.531. The predicted octanol–water partition coefficient (Wildman–Crippen LogP) is 2.13. The van der Waals surface area contributed by atoms with Crippen LogP contribution >= 0.6 is 11.6 Å². The van der Waals surface area contributed by atoms with Crippen LogP contribution in [0.1, 0.15) is 12.8 Å². The topological polar surface area (TPSA) is 49.4 Å². The first kappa shape index (κ1) is 12.8. The third kappa shape index (κ3) is 2.61. The number of anilines is 2. The summed E-state index contributed by atoms with van der Waals surface area (Å²) in [5, 5.41) is 2.45. The summed E-state index contributed by atoms with van der Waals surface area (Å²) >= 11 is 5.34. The van der Waals surface area contributed by atoms with Gasteiger partial charge in [0.15, 0.2) is 0 Å². The Kier molecular flexibility index (Phi) is 3.81. The van der Waals surface area contributed by atoms with E-state index in [2.05, 4.69) is 5.32 Å². The average molecular weight is 271 g/mol. The van der Waals surface area contributed by atoms with Gasteiger partial charge in [-0.15, -0.1) is 11.6 Å². The molecule has 6 heteroatoms. The zero-order valence-electron chi connectivity index (χ0n) is 9.58. The molecule has 0 aliphatic carbocycles. The number of benzene rings is 1. The van der Waals surface area contributed by atoms with Crippen molar-refractivity contribution in [3.05, 3.63) is 24.0 Å². The van der Waals surface area contributed by atoms with Gasteiger partial charge in [-0.05, 0) is 24.6 Å². The molecule has 2 rings (SSSR count). The maximum Gasteiger partial charge on any atom is 0.239 e. The highest BCUT2D eigenvalue weighted by Crippen LogP contribution is 2.26. The Morgan fingerprint density at radius 3 is 2.83 bits per heavy atom. The van der Waals surface area contributed by atoms with Crippen LogP contribution in [-0.2, 0) is 9.59 Å². The van der Waals surface area contributed by atoms with E-state index in [9.17, 15) is 14.0 Å². The summed E-state index contributed by atoms with van der Waals surface area (Å²) in [5.41, 5.74) is 0.579. The molecule has 1 aliphatic rings. The van der Waals surface area contributed by atoms with Crippen molar-refractivity contribution in [2.75, 3.05) is 22.6 Å². The van der Waals surface area contributed by atoms with Gasteiger partial charge >= 0.3 is 0 Å². The number of hydrogen-bond donors (Lipinski definition) is 1. The summed E-state index contributed by atoms with van der Waals surface area (Å²) in [4.78, 5) is 24.0. The molecule has 1 aromatic rings. The second-order valence-electron chi connectivity index (χ2n) is 4.00. The molecule has 96 valence electrons.